The number of nitrogens with zero attached hydrogens (tertiary/aromatic N) is 1. The molecule has 0 saturated heterocycles. The lowest BCUT2D eigenvalue weighted by Gasteiger charge is -2.15. The lowest BCUT2D eigenvalue weighted by Crippen LogP contribution is -2.31. The number of fused-ring (bicyclic) bond motifs is 1. The highest BCUT2D eigenvalue weighted by Gasteiger charge is 2.23. The number of aliphatic hydroxyl groups is 1. The van der Waals surface area contributed by atoms with E-state index in [1.54, 1.807) is 23.5 Å². The predicted molar refractivity (Wildman–Crippen MR) is 86.7 cm³/mol. The van der Waals surface area contributed by atoms with Crippen molar-refractivity contribution in [3.63, 3.8) is 0 Å². The molecule has 1 heterocycles. The molecule has 116 valence electrons. The van der Waals surface area contributed by atoms with E-state index in [-0.39, 0.29) is 11.9 Å². The molecule has 2 aromatic rings. The zero-order valence-electron chi connectivity index (χ0n) is 12.6. The Bertz CT molecular complexity index is 630. The molecule has 0 bridgehead atoms. The molecular weight excluding hydrogens is 296 g/mol. The van der Waals surface area contributed by atoms with Crippen molar-refractivity contribution in [2.24, 2.45) is 0 Å². The van der Waals surface area contributed by atoms with Crippen LogP contribution in [0.4, 0.5) is 0 Å². The van der Waals surface area contributed by atoms with Crippen molar-refractivity contribution in [2.75, 3.05) is 0 Å². The number of aromatic nitrogens is 1. The van der Waals surface area contributed by atoms with Gasteiger partial charge in [-0.15, -0.1) is 11.3 Å². The lowest BCUT2D eigenvalue weighted by atomic mass is 10.0. The number of aliphatic hydroxyl groups excluding tert-OH is 1. The zero-order chi connectivity index (χ0) is 15.5. The maximum atomic E-state index is 12.2. The molecule has 22 heavy (non-hydrogen) atoms. The van der Waals surface area contributed by atoms with E-state index in [1.165, 1.54) is 23.4 Å². The fourth-order valence-electron chi connectivity index (χ4n) is 2.70. The number of benzene rings is 1. The van der Waals surface area contributed by atoms with Crippen LogP contribution in [0.25, 0.3) is 0 Å². The Morgan fingerprint density at radius 1 is 1.27 bits per heavy atom. The Morgan fingerprint density at radius 2 is 2.00 bits per heavy atom. The molecule has 5 heteroatoms. The minimum Gasteiger partial charge on any atom is -0.378 e. The molecule has 1 aromatic carbocycles. The van der Waals surface area contributed by atoms with E-state index in [0.29, 0.717) is 5.56 Å². The highest BCUT2D eigenvalue weighted by molar-refractivity contribution is 7.11. The van der Waals surface area contributed by atoms with Gasteiger partial charge in [0.25, 0.3) is 5.91 Å². The molecule has 1 aliphatic carbocycles. The minimum atomic E-state index is -1.14. The predicted octanol–water partition coefficient (Wildman–Crippen LogP) is 2.93. The topological polar surface area (TPSA) is 62.2 Å². The summed E-state index contributed by atoms with van der Waals surface area (Å²) < 4.78 is 0. The summed E-state index contributed by atoms with van der Waals surface area (Å²) in [5, 5.41) is 13.9. The monoisotopic (exact) mass is 316 g/mol. The largest absolute Gasteiger partial charge is 0.378 e. The van der Waals surface area contributed by atoms with Crippen molar-refractivity contribution in [2.45, 2.75) is 44.8 Å². The number of nitrogens with one attached hydrogen (secondary N) is 1. The van der Waals surface area contributed by atoms with Gasteiger partial charge in [-0.25, -0.2) is 4.98 Å². The van der Waals surface area contributed by atoms with E-state index < -0.39 is 6.10 Å². The first-order valence-electron chi connectivity index (χ1n) is 7.67. The second-order valence-corrected chi connectivity index (χ2v) is 6.79. The molecule has 0 spiro atoms. The van der Waals surface area contributed by atoms with Gasteiger partial charge in [0.2, 0.25) is 0 Å². The van der Waals surface area contributed by atoms with Crippen molar-refractivity contribution >= 4 is 17.2 Å². The smallest absolute Gasteiger partial charge is 0.254 e. The molecule has 0 saturated carbocycles. The Morgan fingerprint density at radius 3 is 2.73 bits per heavy atom. The van der Waals surface area contributed by atoms with Crippen LogP contribution in [0, 0.1) is 0 Å². The van der Waals surface area contributed by atoms with Crippen molar-refractivity contribution in [3.8, 4) is 0 Å². The standard InChI is InChI=1S/C17H20N2O2S/c1-11(17-19-13-9-5-6-10-14(13)22-17)18-16(21)15(20)12-7-3-2-4-8-12/h2-4,7-8,11,15,20H,5-6,9-10H2,1H3,(H,18,21). The summed E-state index contributed by atoms with van der Waals surface area (Å²) in [5.41, 5.74) is 1.79. The summed E-state index contributed by atoms with van der Waals surface area (Å²) in [4.78, 5) is 18.2. The molecular formula is C17H20N2O2S. The average molecular weight is 316 g/mol. The SMILES string of the molecule is CC(NC(=O)C(O)c1ccccc1)c1nc2c(s1)CCCC2. The molecule has 2 N–H and O–H groups in total. The van der Waals surface area contributed by atoms with Gasteiger partial charge in [-0.2, -0.15) is 0 Å². The molecule has 4 nitrogen and oxygen atoms in total. The number of carbonyl (C=O) groups excluding carboxylic acids is 1. The molecule has 1 aliphatic rings. The maximum absolute atomic E-state index is 12.2. The van der Waals surface area contributed by atoms with Gasteiger partial charge < -0.3 is 10.4 Å². The first-order chi connectivity index (χ1) is 10.6. The molecule has 0 radical (unpaired) electrons. The zero-order valence-corrected chi connectivity index (χ0v) is 13.4. The van der Waals surface area contributed by atoms with Gasteiger partial charge in [-0.1, -0.05) is 30.3 Å². The Kier molecular flexibility index (Phi) is 4.55. The highest BCUT2D eigenvalue weighted by atomic mass is 32.1. The number of hydrogen-bond acceptors (Lipinski definition) is 4. The Hall–Kier alpha value is -1.72. The first kappa shape index (κ1) is 15.2. The normalized spacial score (nSPS) is 16.6. The molecule has 0 fully saturated rings. The summed E-state index contributed by atoms with van der Waals surface area (Å²) in [6, 6.07) is 8.79. The van der Waals surface area contributed by atoms with Gasteiger partial charge in [0.15, 0.2) is 6.10 Å². The van der Waals surface area contributed by atoms with E-state index in [1.807, 2.05) is 25.1 Å². The van der Waals surface area contributed by atoms with E-state index in [2.05, 4.69) is 10.3 Å². The highest BCUT2D eigenvalue weighted by Crippen LogP contribution is 2.30. The van der Waals surface area contributed by atoms with Crippen LogP contribution in [0.1, 0.15) is 53.1 Å². The summed E-state index contributed by atoms with van der Waals surface area (Å²) in [6.45, 7) is 1.92. The van der Waals surface area contributed by atoms with Crippen LogP contribution < -0.4 is 5.32 Å². The molecule has 2 atom stereocenters. The second kappa shape index (κ2) is 6.58. The molecule has 0 aliphatic heterocycles. The van der Waals surface area contributed by atoms with E-state index in [0.717, 1.165) is 17.8 Å². The summed E-state index contributed by atoms with van der Waals surface area (Å²) >= 11 is 1.69. The number of rotatable bonds is 4. The van der Waals surface area contributed by atoms with Crippen molar-refractivity contribution in [1.29, 1.82) is 0 Å². The number of hydrogen-bond donors (Lipinski definition) is 2. The third-order valence-corrected chi connectivity index (χ3v) is 5.30. The van der Waals surface area contributed by atoms with Crippen molar-refractivity contribution < 1.29 is 9.90 Å². The number of aryl methyl sites for hydroxylation is 2. The van der Waals surface area contributed by atoms with E-state index >= 15 is 0 Å². The van der Waals surface area contributed by atoms with Crippen LogP contribution in [0.5, 0.6) is 0 Å². The van der Waals surface area contributed by atoms with Gasteiger partial charge in [0, 0.05) is 4.88 Å². The molecule has 3 rings (SSSR count). The fraction of sp³-hybridized carbons (Fsp3) is 0.412. The molecule has 1 amide bonds. The summed E-state index contributed by atoms with van der Waals surface area (Å²) in [5.74, 6) is -0.383. The summed E-state index contributed by atoms with van der Waals surface area (Å²) in [6.07, 6.45) is 3.42. The maximum Gasteiger partial charge on any atom is 0.254 e. The first-order valence-corrected chi connectivity index (χ1v) is 8.48. The average Bonchev–Trinajstić information content (AvgIpc) is 2.99. The second-order valence-electron chi connectivity index (χ2n) is 5.67. The van der Waals surface area contributed by atoms with Gasteiger partial charge >= 0.3 is 0 Å². The van der Waals surface area contributed by atoms with Crippen molar-refractivity contribution in [3.05, 3.63) is 51.5 Å². The van der Waals surface area contributed by atoms with Crippen LogP contribution in [0.3, 0.4) is 0 Å². The van der Waals surface area contributed by atoms with Crippen LogP contribution in [-0.4, -0.2) is 16.0 Å². The number of carbonyl (C=O) groups is 1. The van der Waals surface area contributed by atoms with Crippen molar-refractivity contribution in [1.82, 2.24) is 10.3 Å². The van der Waals surface area contributed by atoms with Crippen LogP contribution in [0.2, 0.25) is 0 Å². The van der Waals surface area contributed by atoms with Gasteiger partial charge in [-0.3, -0.25) is 4.79 Å². The van der Waals surface area contributed by atoms with Gasteiger partial charge in [0.1, 0.15) is 5.01 Å². The third kappa shape index (κ3) is 3.20. The number of thiazole rings is 1. The lowest BCUT2D eigenvalue weighted by molar-refractivity contribution is -0.130. The van der Waals surface area contributed by atoms with Gasteiger partial charge in [0.05, 0.1) is 11.7 Å². The Balaban J connectivity index is 1.67. The number of amides is 1. The summed E-state index contributed by atoms with van der Waals surface area (Å²) in [7, 11) is 0. The Labute approximate surface area is 134 Å². The minimum absolute atomic E-state index is 0.179. The van der Waals surface area contributed by atoms with Crippen LogP contribution in [0.15, 0.2) is 30.3 Å². The molecule has 2 unspecified atom stereocenters. The van der Waals surface area contributed by atoms with Crippen LogP contribution >= 0.6 is 11.3 Å². The quantitative estimate of drug-likeness (QED) is 0.911. The van der Waals surface area contributed by atoms with Crippen LogP contribution in [-0.2, 0) is 17.6 Å². The fourth-order valence-corrected chi connectivity index (χ4v) is 3.85. The van der Waals surface area contributed by atoms with E-state index in [4.69, 9.17) is 0 Å². The molecule has 1 aromatic heterocycles. The van der Waals surface area contributed by atoms with E-state index in [9.17, 15) is 9.90 Å². The van der Waals surface area contributed by atoms with Gasteiger partial charge in [-0.05, 0) is 38.2 Å². The third-order valence-electron chi connectivity index (χ3n) is 3.96.